The second-order valence-electron chi connectivity index (χ2n) is 5.58. The molecule has 2 N–H and O–H groups in total. The Balaban J connectivity index is 1.68. The molecule has 0 saturated carbocycles. The third-order valence-electron chi connectivity index (χ3n) is 3.86. The van der Waals surface area contributed by atoms with Crippen molar-refractivity contribution in [2.75, 3.05) is 5.32 Å². The number of nitrogens with one attached hydrogen (secondary N) is 1. The number of aromatic nitrogens is 1. The first-order valence-corrected chi connectivity index (χ1v) is 7.75. The van der Waals surface area contributed by atoms with Crippen LogP contribution in [0.3, 0.4) is 0 Å². The van der Waals surface area contributed by atoms with E-state index in [-0.39, 0.29) is 5.56 Å². The first kappa shape index (κ1) is 15.0. The number of oxazole rings is 1. The first-order valence-electron chi connectivity index (χ1n) is 7.75. The molecule has 3 aromatic carbocycles. The molecule has 4 aromatic rings. The number of aromatic carboxylic acids is 1. The molecule has 0 unspecified atom stereocenters. The summed E-state index contributed by atoms with van der Waals surface area (Å²) in [5.41, 5.74) is 4.22. The van der Waals surface area contributed by atoms with Crippen LogP contribution in [-0.4, -0.2) is 16.1 Å². The Kier molecular flexibility index (Phi) is 3.67. The number of carbonyl (C=O) groups is 1. The average molecular weight is 330 g/mol. The van der Waals surface area contributed by atoms with Gasteiger partial charge in [0.05, 0.1) is 5.56 Å². The van der Waals surface area contributed by atoms with Gasteiger partial charge in [0.2, 0.25) is 0 Å². The number of para-hydroxylation sites is 1. The standard InChI is InChI=1S/C20H14N2O3/c23-19(24)15-6-4-5-13(11-15)14-9-10-18-17(12-14)22-20(25-18)21-16-7-2-1-3-8-16/h1-12H,(H,21,22)(H,23,24). The molecule has 0 fully saturated rings. The van der Waals surface area contributed by atoms with Gasteiger partial charge in [-0.15, -0.1) is 0 Å². The molecule has 0 bridgehead atoms. The molecule has 0 radical (unpaired) electrons. The topological polar surface area (TPSA) is 75.4 Å². The summed E-state index contributed by atoms with van der Waals surface area (Å²) < 4.78 is 5.71. The number of hydrogen-bond donors (Lipinski definition) is 2. The molecule has 1 heterocycles. The van der Waals surface area contributed by atoms with Gasteiger partial charge in [0.15, 0.2) is 5.58 Å². The van der Waals surface area contributed by atoms with E-state index in [4.69, 9.17) is 9.52 Å². The van der Waals surface area contributed by atoms with Gasteiger partial charge in [-0.05, 0) is 47.5 Å². The molecule has 25 heavy (non-hydrogen) atoms. The Morgan fingerprint density at radius 3 is 2.52 bits per heavy atom. The average Bonchev–Trinajstić information content (AvgIpc) is 3.04. The van der Waals surface area contributed by atoms with Gasteiger partial charge >= 0.3 is 5.97 Å². The smallest absolute Gasteiger partial charge is 0.335 e. The Hall–Kier alpha value is -3.60. The van der Waals surface area contributed by atoms with Crippen LogP contribution in [0.5, 0.6) is 0 Å². The lowest BCUT2D eigenvalue weighted by molar-refractivity contribution is 0.0697. The van der Waals surface area contributed by atoms with E-state index in [0.29, 0.717) is 17.1 Å². The fraction of sp³-hybridized carbons (Fsp3) is 0. The zero-order valence-electron chi connectivity index (χ0n) is 13.1. The van der Waals surface area contributed by atoms with Crippen molar-refractivity contribution >= 4 is 28.8 Å². The molecule has 0 aliphatic heterocycles. The molecule has 0 atom stereocenters. The molecule has 5 nitrogen and oxygen atoms in total. The minimum absolute atomic E-state index is 0.254. The van der Waals surface area contributed by atoms with Gasteiger partial charge in [0.1, 0.15) is 5.52 Å². The summed E-state index contributed by atoms with van der Waals surface area (Å²) >= 11 is 0. The maximum absolute atomic E-state index is 11.1. The molecule has 122 valence electrons. The maximum Gasteiger partial charge on any atom is 0.335 e. The van der Waals surface area contributed by atoms with Gasteiger partial charge in [-0.2, -0.15) is 4.98 Å². The van der Waals surface area contributed by atoms with Crippen molar-refractivity contribution in [2.45, 2.75) is 0 Å². The Labute approximate surface area is 143 Å². The minimum atomic E-state index is -0.946. The highest BCUT2D eigenvalue weighted by Gasteiger charge is 2.09. The lowest BCUT2D eigenvalue weighted by atomic mass is 10.0. The molecular formula is C20H14N2O3. The zero-order chi connectivity index (χ0) is 17.2. The van der Waals surface area contributed by atoms with Crippen LogP contribution in [0.1, 0.15) is 10.4 Å². The van der Waals surface area contributed by atoms with Crippen LogP contribution in [0.25, 0.3) is 22.2 Å². The Morgan fingerprint density at radius 1 is 0.920 bits per heavy atom. The van der Waals surface area contributed by atoms with Crippen LogP contribution >= 0.6 is 0 Å². The van der Waals surface area contributed by atoms with Crippen molar-refractivity contribution in [1.82, 2.24) is 4.98 Å². The second-order valence-corrected chi connectivity index (χ2v) is 5.58. The quantitative estimate of drug-likeness (QED) is 0.554. The van der Waals surface area contributed by atoms with Gasteiger partial charge in [0, 0.05) is 5.69 Å². The van der Waals surface area contributed by atoms with Crippen LogP contribution in [0.2, 0.25) is 0 Å². The van der Waals surface area contributed by atoms with Crippen molar-refractivity contribution in [2.24, 2.45) is 0 Å². The normalized spacial score (nSPS) is 10.7. The fourth-order valence-corrected chi connectivity index (χ4v) is 2.64. The molecular weight excluding hydrogens is 316 g/mol. The molecule has 0 aliphatic rings. The lowest BCUT2D eigenvalue weighted by Gasteiger charge is -2.02. The summed E-state index contributed by atoms with van der Waals surface area (Å²) in [6, 6.07) is 22.5. The van der Waals surface area contributed by atoms with E-state index in [2.05, 4.69) is 10.3 Å². The van der Waals surface area contributed by atoms with E-state index in [1.54, 1.807) is 18.2 Å². The molecule has 1 aromatic heterocycles. The molecule has 0 saturated heterocycles. The van der Waals surface area contributed by atoms with Gasteiger partial charge in [-0.25, -0.2) is 4.79 Å². The minimum Gasteiger partial charge on any atom is -0.478 e. The van der Waals surface area contributed by atoms with Gasteiger partial charge in [0.25, 0.3) is 6.01 Å². The van der Waals surface area contributed by atoms with Crippen molar-refractivity contribution in [3.63, 3.8) is 0 Å². The first-order chi connectivity index (χ1) is 12.2. The number of rotatable bonds is 4. The van der Waals surface area contributed by atoms with E-state index in [9.17, 15) is 4.79 Å². The predicted molar refractivity (Wildman–Crippen MR) is 96.1 cm³/mol. The van der Waals surface area contributed by atoms with E-state index in [1.165, 1.54) is 0 Å². The van der Waals surface area contributed by atoms with Crippen molar-refractivity contribution in [3.8, 4) is 11.1 Å². The van der Waals surface area contributed by atoms with Gasteiger partial charge in [-0.1, -0.05) is 36.4 Å². The number of anilines is 2. The van der Waals surface area contributed by atoms with Gasteiger partial charge in [-0.3, -0.25) is 0 Å². The molecule has 5 heteroatoms. The van der Waals surface area contributed by atoms with Crippen LogP contribution in [0.4, 0.5) is 11.7 Å². The highest BCUT2D eigenvalue weighted by Crippen LogP contribution is 2.27. The highest BCUT2D eigenvalue weighted by molar-refractivity contribution is 5.90. The summed E-state index contributed by atoms with van der Waals surface area (Å²) in [7, 11) is 0. The summed E-state index contributed by atoms with van der Waals surface area (Å²) in [6.07, 6.45) is 0. The number of benzene rings is 3. The van der Waals surface area contributed by atoms with E-state index in [0.717, 1.165) is 16.8 Å². The number of hydrogen-bond acceptors (Lipinski definition) is 4. The van der Waals surface area contributed by atoms with Crippen molar-refractivity contribution in [1.29, 1.82) is 0 Å². The third-order valence-corrected chi connectivity index (χ3v) is 3.86. The summed E-state index contributed by atoms with van der Waals surface area (Å²) in [5, 5.41) is 12.3. The largest absolute Gasteiger partial charge is 0.478 e. The predicted octanol–water partition coefficient (Wildman–Crippen LogP) is 4.94. The summed E-state index contributed by atoms with van der Waals surface area (Å²) in [5.74, 6) is -0.946. The SMILES string of the molecule is O=C(O)c1cccc(-c2ccc3oc(Nc4ccccc4)nc3c2)c1. The molecule has 0 amide bonds. The summed E-state index contributed by atoms with van der Waals surface area (Å²) in [4.78, 5) is 15.6. The molecule has 0 spiro atoms. The summed E-state index contributed by atoms with van der Waals surface area (Å²) in [6.45, 7) is 0. The zero-order valence-corrected chi connectivity index (χ0v) is 13.1. The number of carboxylic acid groups (broad SMARTS) is 1. The number of nitrogens with zero attached hydrogens (tertiary/aromatic N) is 1. The van der Waals surface area contributed by atoms with E-state index >= 15 is 0 Å². The van der Waals surface area contributed by atoms with Crippen molar-refractivity contribution in [3.05, 3.63) is 78.4 Å². The second kappa shape index (κ2) is 6.13. The fourth-order valence-electron chi connectivity index (χ4n) is 2.64. The lowest BCUT2D eigenvalue weighted by Crippen LogP contribution is -1.95. The van der Waals surface area contributed by atoms with Crippen LogP contribution < -0.4 is 5.32 Å². The molecule has 4 rings (SSSR count). The van der Waals surface area contributed by atoms with Crippen molar-refractivity contribution < 1.29 is 14.3 Å². The van der Waals surface area contributed by atoms with Crippen LogP contribution in [-0.2, 0) is 0 Å². The van der Waals surface area contributed by atoms with Crippen LogP contribution in [0.15, 0.2) is 77.2 Å². The van der Waals surface area contributed by atoms with E-state index in [1.807, 2.05) is 54.6 Å². The van der Waals surface area contributed by atoms with E-state index < -0.39 is 5.97 Å². The number of carboxylic acids is 1. The molecule has 0 aliphatic carbocycles. The van der Waals surface area contributed by atoms with Gasteiger partial charge < -0.3 is 14.8 Å². The Bertz CT molecular complexity index is 1050. The number of fused-ring (bicyclic) bond motifs is 1. The Morgan fingerprint density at radius 2 is 1.72 bits per heavy atom. The monoisotopic (exact) mass is 330 g/mol. The highest BCUT2D eigenvalue weighted by atomic mass is 16.4. The third kappa shape index (κ3) is 3.07. The maximum atomic E-state index is 11.1. The van der Waals surface area contributed by atoms with Crippen LogP contribution in [0, 0.1) is 0 Å².